The molecule has 0 bridgehead atoms. The molecule has 0 aliphatic carbocycles. The number of anilines is 1. The van der Waals surface area contributed by atoms with Crippen LogP contribution in [0.1, 0.15) is 29.8 Å². The van der Waals surface area contributed by atoms with Crippen molar-refractivity contribution in [3.05, 3.63) is 22.6 Å². The molecule has 2 N–H and O–H groups in total. The summed E-state index contributed by atoms with van der Waals surface area (Å²) in [5, 5.41) is 11.0. The minimum absolute atomic E-state index is 0.00681. The van der Waals surface area contributed by atoms with E-state index in [-0.39, 0.29) is 27.7 Å². The number of pyridine rings is 1. The molecule has 1 unspecified atom stereocenters. The first-order valence-electron chi connectivity index (χ1n) is 12.5. The second-order valence-electron chi connectivity index (χ2n) is 9.60. The molecule has 2 aliphatic heterocycles. The summed E-state index contributed by atoms with van der Waals surface area (Å²) in [6.07, 6.45) is -9.47. The fraction of sp³-hybridized carbons (Fsp3) is 0.625. The maximum absolute atomic E-state index is 13.8. The van der Waals surface area contributed by atoms with E-state index in [0.717, 1.165) is 43.6 Å². The van der Waals surface area contributed by atoms with Crippen molar-refractivity contribution in [1.82, 2.24) is 20.1 Å². The molecule has 2 aliphatic rings. The first-order valence-corrected chi connectivity index (χ1v) is 13.3. The Morgan fingerprint density at radius 2 is 1.77 bits per heavy atom. The summed E-state index contributed by atoms with van der Waals surface area (Å²) in [6.45, 7) is 10.3. The number of alkyl halides is 6. The number of fused-ring (bicyclic) bond motifs is 1. The maximum Gasteiger partial charge on any atom is 0.490 e. The third-order valence-electron chi connectivity index (χ3n) is 6.59. The summed E-state index contributed by atoms with van der Waals surface area (Å²) in [4.78, 5) is 32.2. The SMILES string of the molecule is CNC(=O)c1csc2c(C(F)(F)F)cc(N3CCN(CC4CN(C(C)C)CCO4)CC3)nc12.O=C(O)C(F)(F)F. The number of aliphatic carboxylic acids is 1. The zero-order valence-electron chi connectivity index (χ0n) is 22.1. The summed E-state index contributed by atoms with van der Waals surface area (Å²) in [7, 11) is 1.45. The predicted molar refractivity (Wildman–Crippen MR) is 137 cm³/mol. The van der Waals surface area contributed by atoms with E-state index in [1.807, 2.05) is 4.90 Å². The van der Waals surface area contributed by atoms with Gasteiger partial charge in [0.2, 0.25) is 0 Å². The number of piperazine rings is 1. The Balaban J connectivity index is 0.000000559. The summed E-state index contributed by atoms with van der Waals surface area (Å²) in [5.74, 6) is -2.93. The lowest BCUT2D eigenvalue weighted by molar-refractivity contribution is -0.192. The third-order valence-corrected chi connectivity index (χ3v) is 7.59. The van der Waals surface area contributed by atoms with Gasteiger partial charge < -0.3 is 20.1 Å². The zero-order valence-corrected chi connectivity index (χ0v) is 22.9. The molecule has 40 heavy (non-hydrogen) atoms. The van der Waals surface area contributed by atoms with Gasteiger partial charge in [-0.05, 0) is 19.9 Å². The number of nitrogens with zero attached hydrogens (tertiary/aromatic N) is 4. The van der Waals surface area contributed by atoms with Crippen LogP contribution < -0.4 is 10.2 Å². The Labute approximate surface area is 230 Å². The third kappa shape index (κ3) is 7.95. The molecule has 2 saturated heterocycles. The number of carbonyl (C=O) groups is 2. The Bertz CT molecular complexity index is 1180. The van der Waals surface area contributed by atoms with Gasteiger partial charge in [-0.1, -0.05) is 0 Å². The molecule has 2 aromatic rings. The first kappa shape index (κ1) is 31.8. The lowest BCUT2D eigenvalue weighted by Gasteiger charge is -2.40. The van der Waals surface area contributed by atoms with E-state index in [1.54, 1.807) is 0 Å². The van der Waals surface area contributed by atoms with Crippen molar-refractivity contribution in [1.29, 1.82) is 0 Å². The average Bonchev–Trinajstić information content (AvgIpc) is 3.31. The second kappa shape index (κ2) is 12.9. The Hall–Kier alpha value is -2.69. The number of carbonyl (C=O) groups excluding carboxylic acids is 1. The summed E-state index contributed by atoms with van der Waals surface area (Å²) >= 11 is 0.900. The number of halogens is 6. The van der Waals surface area contributed by atoms with Crippen molar-refractivity contribution in [2.75, 3.05) is 64.4 Å². The molecular weight excluding hydrogens is 568 g/mol. The first-order chi connectivity index (χ1) is 18.6. The van der Waals surface area contributed by atoms with Crippen LogP contribution in [0.3, 0.4) is 0 Å². The van der Waals surface area contributed by atoms with Gasteiger partial charge in [-0.15, -0.1) is 11.3 Å². The molecule has 16 heteroatoms. The van der Waals surface area contributed by atoms with Crippen LogP contribution in [0.5, 0.6) is 0 Å². The molecule has 2 fully saturated rings. The van der Waals surface area contributed by atoms with Crippen molar-refractivity contribution >= 4 is 39.2 Å². The van der Waals surface area contributed by atoms with E-state index in [1.165, 1.54) is 12.4 Å². The van der Waals surface area contributed by atoms with Crippen molar-refractivity contribution in [2.45, 2.75) is 38.3 Å². The number of morpholine rings is 1. The number of carboxylic acids is 1. The van der Waals surface area contributed by atoms with Crippen molar-refractivity contribution < 1.29 is 45.8 Å². The normalized spacial score (nSPS) is 19.4. The van der Waals surface area contributed by atoms with Gasteiger partial charge >= 0.3 is 18.3 Å². The summed E-state index contributed by atoms with van der Waals surface area (Å²) in [6, 6.07) is 1.60. The van der Waals surface area contributed by atoms with Crippen LogP contribution in [0.2, 0.25) is 0 Å². The number of amides is 1. The molecule has 0 radical (unpaired) electrons. The molecule has 2 aromatic heterocycles. The van der Waals surface area contributed by atoms with Crippen LogP contribution in [-0.4, -0.2) is 110 Å². The molecule has 9 nitrogen and oxygen atoms in total. The molecule has 224 valence electrons. The number of rotatable bonds is 5. The van der Waals surface area contributed by atoms with Crippen molar-refractivity contribution in [2.24, 2.45) is 0 Å². The van der Waals surface area contributed by atoms with E-state index in [9.17, 15) is 31.1 Å². The summed E-state index contributed by atoms with van der Waals surface area (Å²) in [5.41, 5.74) is -0.460. The highest BCUT2D eigenvalue weighted by molar-refractivity contribution is 7.17. The van der Waals surface area contributed by atoms with Crippen LogP contribution in [-0.2, 0) is 15.7 Å². The smallest absolute Gasteiger partial charge is 0.475 e. The van der Waals surface area contributed by atoms with Gasteiger partial charge in [-0.2, -0.15) is 26.3 Å². The number of hydrogen-bond donors (Lipinski definition) is 2. The number of ether oxygens (including phenoxy) is 1. The zero-order chi connectivity index (χ0) is 29.8. The highest BCUT2D eigenvalue weighted by Gasteiger charge is 2.38. The number of hydrogen-bond acceptors (Lipinski definition) is 8. The average molecular weight is 600 g/mol. The number of nitrogens with one attached hydrogen (secondary N) is 1. The van der Waals surface area contributed by atoms with E-state index in [4.69, 9.17) is 14.6 Å². The molecule has 0 aromatic carbocycles. The topological polar surface area (TPSA) is 98.2 Å². The van der Waals surface area contributed by atoms with Gasteiger partial charge in [0, 0.05) is 64.3 Å². The van der Waals surface area contributed by atoms with Crippen LogP contribution >= 0.6 is 11.3 Å². The molecule has 0 spiro atoms. The van der Waals surface area contributed by atoms with Crippen LogP contribution in [0.25, 0.3) is 10.2 Å². The monoisotopic (exact) mass is 599 g/mol. The van der Waals surface area contributed by atoms with E-state index < -0.39 is 29.8 Å². The molecule has 4 rings (SSSR count). The largest absolute Gasteiger partial charge is 0.490 e. The molecular formula is C24H31F6N5O4S. The fourth-order valence-corrected chi connectivity index (χ4v) is 5.46. The lowest BCUT2D eigenvalue weighted by atomic mass is 10.1. The van der Waals surface area contributed by atoms with E-state index >= 15 is 0 Å². The standard InChI is InChI=1S/C22H30F3N5O2S.C2HF3O2/c1-14(2)30-8-9-32-15(12-30)11-28-4-6-29(7-5-28)18-10-17(22(23,24)25)20-19(27-18)16(13-33-20)21(31)26-3;3-2(4,5)1(6)7/h10,13-15H,4-9,11-12H2,1-3H3,(H,26,31);(H,6,7). The van der Waals surface area contributed by atoms with Crippen LogP contribution in [0, 0.1) is 0 Å². The highest BCUT2D eigenvalue weighted by atomic mass is 32.1. The van der Waals surface area contributed by atoms with E-state index in [0.29, 0.717) is 32.2 Å². The van der Waals surface area contributed by atoms with Gasteiger partial charge in [0.15, 0.2) is 0 Å². The van der Waals surface area contributed by atoms with E-state index in [2.05, 4.69) is 33.9 Å². The predicted octanol–water partition coefficient (Wildman–Crippen LogP) is 3.54. The fourth-order valence-electron chi connectivity index (χ4n) is 4.43. The van der Waals surface area contributed by atoms with Gasteiger partial charge in [-0.3, -0.25) is 14.6 Å². The van der Waals surface area contributed by atoms with Gasteiger partial charge in [-0.25, -0.2) is 9.78 Å². The van der Waals surface area contributed by atoms with Crippen LogP contribution in [0.15, 0.2) is 11.4 Å². The Kier molecular flexibility index (Phi) is 10.2. The van der Waals surface area contributed by atoms with Gasteiger partial charge in [0.25, 0.3) is 5.91 Å². The minimum atomic E-state index is -5.08. The van der Waals surface area contributed by atoms with Gasteiger partial charge in [0.1, 0.15) is 5.82 Å². The lowest BCUT2D eigenvalue weighted by Crippen LogP contribution is -2.53. The Morgan fingerprint density at radius 1 is 1.15 bits per heavy atom. The molecule has 1 amide bonds. The molecule has 0 saturated carbocycles. The minimum Gasteiger partial charge on any atom is -0.475 e. The maximum atomic E-state index is 13.8. The number of thiophene rings is 1. The quantitative estimate of drug-likeness (QED) is 0.504. The van der Waals surface area contributed by atoms with Crippen LogP contribution in [0.4, 0.5) is 32.2 Å². The number of carboxylic acid groups (broad SMARTS) is 1. The molecule has 1 atom stereocenters. The van der Waals surface area contributed by atoms with Gasteiger partial charge in [0.05, 0.1) is 34.1 Å². The summed E-state index contributed by atoms with van der Waals surface area (Å²) < 4.78 is 79.1. The molecule has 4 heterocycles. The second-order valence-corrected chi connectivity index (χ2v) is 10.5. The Morgan fingerprint density at radius 3 is 2.30 bits per heavy atom. The van der Waals surface area contributed by atoms with Crippen molar-refractivity contribution in [3.8, 4) is 0 Å². The van der Waals surface area contributed by atoms with Crippen molar-refractivity contribution in [3.63, 3.8) is 0 Å². The highest BCUT2D eigenvalue weighted by Crippen LogP contribution is 2.40. The number of aromatic nitrogens is 1.